The van der Waals surface area contributed by atoms with Gasteiger partial charge in [0.05, 0.1) is 25.5 Å². The van der Waals surface area contributed by atoms with Gasteiger partial charge in [0.15, 0.2) is 11.5 Å². The molecule has 0 aliphatic rings. The van der Waals surface area contributed by atoms with Crippen LogP contribution in [0.15, 0.2) is 98.9 Å². The third kappa shape index (κ3) is 5.95. The number of furan rings is 1. The Bertz CT molecular complexity index is 1460. The first kappa shape index (κ1) is 25.5. The first-order valence-corrected chi connectivity index (χ1v) is 12.9. The highest BCUT2D eigenvalue weighted by Gasteiger charge is 2.23. The summed E-state index contributed by atoms with van der Waals surface area (Å²) >= 11 is 3.42. The van der Waals surface area contributed by atoms with Crippen molar-refractivity contribution in [2.75, 3.05) is 7.11 Å². The van der Waals surface area contributed by atoms with Gasteiger partial charge in [0, 0.05) is 11.0 Å². The van der Waals surface area contributed by atoms with E-state index in [0.717, 1.165) is 24.3 Å². The lowest BCUT2D eigenvalue weighted by Gasteiger charge is -2.23. The van der Waals surface area contributed by atoms with Gasteiger partial charge in [0.25, 0.3) is 5.91 Å². The Balaban J connectivity index is 1.65. The van der Waals surface area contributed by atoms with Crippen molar-refractivity contribution in [3.05, 3.63) is 112 Å². The molecular formula is C26H21BrFNO6S. The maximum absolute atomic E-state index is 13.4. The molecule has 36 heavy (non-hydrogen) atoms. The molecule has 1 heterocycles. The summed E-state index contributed by atoms with van der Waals surface area (Å²) in [5.74, 6) is -0.125. The van der Waals surface area contributed by atoms with Gasteiger partial charge >= 0.3 is 10.1 Å². The average Bonchev–Trinajstić information content (AvgIpc) is 3.37. The molecule has 1 amide bonds. The van der Waals surface area contributed by atoms with Crippen molar-refractivity contribution < 1.29 is 30.9 Å². The molecule has 0 spiro atoms. The fourth-order valence-electron chi connectivity index (χ4n) is 3.47. The minimum Gasteiger partial charge on any atom is -0.493 e. The summed E-state index contributed by atoms with van der Waals surface area (Å²) in [6.45, 7) is 0.307. The molecule has 4 aromatic rings. The maximum Gasteiger partial charge on any atom is 0.339 e. The monoisotopic (exact) mass is 573 g/mol. The third-order valence-corrected chi connectivity index (χ3v) is 7.16. The number of hydrogen-bond donors (Lipinski definition) is 0. The predicted octanol–water partition coefficient (Wildman–Crippen LogP) is 5.80. The fourth-order valence-corrected chi connectivity index (χ4v) is 4.85. The zero-order valence-electron chi connectivity index (χ0n) is 19.1. The Morgan fingerprint density at radius 1 is 0.972 bits per heavy atom. The van der Waals surface area contributed by atoms with Gasteiger partial charge in [0.1, 0.15) is 16.5 Å². The number of benzene rings is 3. The minimum absolute atomic E-state index is 0.0642. The Hall–Kier alpha value is -3.63. The average molecular weight is 574 g/mol. The van der Waals surface area contributed by atoms with Gasteiger partial charge in [-0.2, -0.15) is 8.42 Å². The largest absolute Gasteiger partial charge is 0.493 e. The van der Waals surface area contributed by atoms with Crippen molar-refractivity contribution in [1.82, 2.24) is 4.90 Å². The number of rotatable bonds is 9. The Labute approximate surface area is 216 Å². The van der Waals surface area contributed by atoms with Crippen molar-refractivity contribution in [1.29, 1.82) is 0 Å². The second kappa shape index (κ2) is 11.0. The lowest BCUT2D eigenvalue weighted by Crippen LogP contribution is -2.30. The number of halogens is 2. The summed E-state index contributed by atoms with van der Waals surface area (Å²) in [6.07, 6.45) is 1.52. The number of carbonyl (C=O) groups is 1. The van der Waals surface area contributed by atoms with E-state index in [1.807, 2.05) is 6.07 Å². The molecule has 0 N–H and O–H groups in total. The molecule has 4 rings (SSSR count). The second-order valence-corrected chi connectivity index (χ2v) is 10.1. The van der Waals surface area contributed by atoms with E-state index < -0.39 is 15.9 Å². The van der Waals surface area contributed by atoms with Crippen LogP contribution in [0, 0.1) is 5.82 Å². The smallest absolute Gasteiger partial charge is 0.339 e. The summed E-state index contributed by atoms with van der Waals surface area (Å²) in [5.41, 5.74) is 1.06. The van der Waals surface area contributed by atoms with Crippen LogP contribution in [0.4, 0.5) is 4.39 Å². The van der Waals surface area contributed by atoms with Crippen molar-refractivity contribution in [3.63, 3.8) is 0 Å². The van der Waals surface area contributed by atoms with Crippen LogP contribution in [0.5, 0.6) is 11.5 Å². The topological polar surface area (TPSA) is 86.0 Å². The van der Waals surface area contributed by atoms with E-state index in [-0.39, 0.29) is 35.4 Å². The molecule has 0 aliphatic carbocycles. The molecular weight excluding hydrogens is 553 g/mol. The van der Waals surface area contributed by atoms with E-state index in [2.05, 4.69) is 15.9 Å². The molecule has 0 saturated heterocycles. The molecule has 0 bridgehead atoms. The van der Waals surface area contributed by atoms with Crippen LogP contribution >= 0.6 is 15.9 Å². The molecule has 0 unspecified atom stereocenters. The molecule has 3 aromatic carbocycles. The van der Waals surface area contributed by atoms with Crippen molar-refractivity contribution >= 4 is 32.0 Å². The van der Waals surface area contributed by atoms with Gasteiger partial charge in [-0.3, -0.25) is 4.79 Å². The van der Waals surface area contributed by atoms with Crippen molar-refractivity contribution in [2.24, 2.45) is 0 Å². The van der Waals surface area contributed by atoms with Gasteiger partial charge in [0.2, 0.25) is 0 Å². The van der Waals surface area contributed by atoms with Gasteiger partial charge in [-0.1, -0.05) is 18.2 Å². The van der Waals surface area contributed by atoms with E-state index >= 15 is 0 Å². The molecule has 1 aromatic heterocycles. The standard InChI is InChI=1S/C26H21BrFNO6S/c1-33-24-13-8-18(15-25(24)35-36(31,32)21-11-9-19(28)10-12-21)16-29(17-20-5-4-14-34-20)26(30)22-6-2-3-7-23(22)27/h2-15H,16-17H2,1H3. The van der Waals surface area contributed by atoms with Crippen LogP contribution < -0.4 is 8.92 Å². The lowest BCUT2D eigenvalue weighted by atomic mass is 10.1. The number of nitrogens with zero attached hydrogens (tertiary/aromatic N) is 1. The Morgan fingerprint density at radius 3 is 2.39 bits per heavy atom. The Morgan fingerprint density at radius 2 is 1.72 bits per heavy atom. The van der Waals surface area contributed by atoms with Crippen molar-refractivity contribution in [3.8, 4) is 11.5 Å². The van der Waals surface area contributed by atoms with Gasteiger partial charge in [-0.15, -0.1) is 0 Å². The molecule has 0 saturated carbocycles. The van der Waals surface area contributed by atoms with Crippen LogP contribution in [0.2, 0.25) is 0 Å². The lowest BCUT2D eigenvalue weighted by molar-refractivity contribution is 0.0716. The highest BCUT2D eigenvalue weighted by Crippen LogP contribution is 2.32. The van der Waals surface area contributed by atoms with Gasteiger partial charge < -0.3 is 18.2 Å². The van der Waals surface area contributed by atoms with Crippen LogP contribution in [-0.4, -0.2) is 26.3 Å². The zero-order valence-corrected chi connectivity index (χ0v) is 21.5. The summed E-state index contributed by atoms with van der Waals surface area (Å²) in [5, 5.41) is 0. The molecule has 7 nitrogen and oxygen atoms in total. The zero-order chi connectivity index (χ0) is 25.7. The molecule has 10 heteroatoms. The third-order valence-electron chi connectivity index (χ3n) is 5.22. The normalized spacial score (nSPS) is 11.2. The second-order valence-electron chi connectivity index (χ2n) is 7.70. The molecule has 0 aliphatic heterocycles. The first-order chi connectivity index (χ1) is 17.3. The molecule has 0 atom stereocenters. The fraction of sp³-hybridized carbons (Fsp3) is 0.115. The molecule has 0 radical (unpaired) electrons. The summed E-state index contributed by atoms with van der Waals surface area (Å²) in [7, 11) is -2.88. The highest BCUT2D eigenvalue weighted by molar-refractivity contribution is 9.10. The Kier molecular flexibility index (Phi) is 7.76. The maximum atomic E-state index is 13.4. The minimum atomic E-state index is -4.26. The van der Waals surface area contributed by atoms with Crippen LogP contribution in [0.1, 0.15) is 21.7 Å². The SMILES string of the molecule is COc1ccc(CN(Cc2ccco2)C(=O)c2ccccc2Br)cc1OS(=O)(=O)c1ccc(F)cc1. The molecule has 0 fully saturated rings. The number of ether oxygens (including phenoxy) is 1. The van der Waals surface area contributed by atoms with Crippen LogP contribution in [-0.2, 0) is 23.2 Å². The number of hydrogen-bond acceptors (Lipinski definition) is 6. The number of methoxy groups -OCH3 is 1. The highest BCUT2D eigenvalue weighted by atomic mass is 79.9. The molecule has 186 valence electrons. The quantitative estimate of drug-likeness (QED) is 0.235. The van der Waals surface area contributed by atoms with E-state index in [9.17, 15) is 17.6 Å². The van der Waals surface area contributed by atoms with E-state index in [1.54, 1.807) is 47.4 Å². The first-order valence-electron chi connectivity index (χ1n) is 10.7. The van der Waals surface area contributed by atoms with E-state index in [0.29, 0.717) is 21.4 Å². The number of amides is 1. The van der Waals surface area contributed by atoms with Crippen molar-refractivity contribution in [2.45, 2.75) is 18.0 Å². The summed E-state index contributed by atoms with van der Waals surface area (Å²) < 4.78 is 55.5. The van der Waals surface area contributed by atoms with Gasteiger partial charge in [-0.05, 0) is 82.2 Å². The summed E-state index contributed by atoms with van der Waals surface area (Å²) in [6, 6.07) is 19.6. The van der Waals surface area contributed by atoms with E-state index in [1.165, 1.54) is 19.4 Å². The van der Waals surface area contributed by atoms with Gasteiger partial charge in [-0.25, -0.2) is 4.39 Å². The van der Waals surface area contributed by atoms with E-state index in [4.69, 9.17) is 13.3 Å². The summed E-state index contributed by atoms with van der Waals surface area (Å²) in [4.78, 5) is 14.8. The number of carbonyl (C=O) groups excluding carboxylic acids is 1. The predicted molar refractivity (Wildman–Crippen MR) is 134 cm³/mol. The van der Waals surface area contributed by atoms with Crippen LogP contribution in [0.25, 0.3) is 0 Å². The van der Waals surface area contributed by atoms with Crippen LogP contribution in [0.3, 0.4) is 0 Å².